The molecule has 0 saturated heterocycles. The molecule has 32 heavy (non-hydrogen) atoms. The Labute approximate surface area is 186 Å². The summed E-state index contributed by atoms with van der Waals surface area (Å²) in [5, 5.41) is 3.43. The predicted octanol–water partition coefficient (Wildman–Crippen LogP) is 5.12. The van der Waals surface area contributed by atoms with E-state index in [1.165, 1.54) is 7.05 Å². The Kier molecular flexibility index (Phi) is 5.53. The molecule has 3 aromatic carbocycles. The van der Waals surface area contributed by atoms with Crippen molar-refractivity contribution < 1.29 is 19.1 Å². The van der Waals surface area contributed by atoms with Crippen LogP contribution in [-0.4, -0.2) is 36.3 Å². The van der Waals surface area contributed by atoms with E-state index < -0.39 is 17.8 Å². The van der Waals surface area contributed by atoms with E-state index in [9.17, 15) is 14.4 Å². The highest BCUT2D eigenvalue weighted by Gasteiger charge is 2.40. The third-order valence-electron chi connectivity index (χ3n) is 5.68. The highest BCUT2D eigenvalue weighted by molar-refractivity contribution is 6.28. The number of benzene rings is 3. The molecule has 6 nitrogen and oxygen atoms in total. The number of hydrogen-bond acceptors (Lipinski definition) is 5. The van der Waals surface area contributed by atoms with Crippen molar-refractivity contribution in [1.29, 1.82) is 0 Å². The zero-order valence-electron chi connectivity index (χ0n) is 18.5. The number of para-hydroxylation sites is 1. The summed E-state index contributed by atoms with van der Waals surface area (Å²) in [6.45, 7) is 5.81. The summed E-state index contributed by atoms with van der Waals surface area (Å²) in [6.07, 6.45) is 0. The van der Waals surface area contributed by atoms with Crippen LogP contribution in [0.25, 0.3) is 11.1 Å². The average molecular weight is 428 g/mol. The van der Waals surface area contributed by atoms with Crippen LogP contribution in [0.1, 0.15) is 49.1 Å². The van der Waals surface area contributed by atoms with Gasteiger partial charge >= 0.3 is 5.97 Å². The molecule has 6 heteroatoms. The minimum atomic E-state index is -0.629. The Balaban J connectivity index is 2.07. The fraction of sp³-hybridized carbons (Fsp3) is 0.192. The van der Waals surface area contributed by atoms with E-state index in [-0.39, 0.29) is 23.3 Å². The van der Waals surface area contributed by atoms with E-state index in [0.717, 1.165) is 27.3 Å². The van der Waals surface area contributed by atoms with Crippen molar-refractivity contribution in [3.8, 4) is 11.1 Å². The fourth-order valence-corrected chi connectivity index (χ4v) is 4.03. The zero-order chi connectivity index (χ0) is 23.0. The van der Waals surface area contributed by atoms with Crippen molar-refractivity contribution >= 4 is 29.2 Å². The molecule has 4 rings (SSSR count). The van der Waals surface area contributed by atoms with Gasteiger partial charge in [0.2, 0.25) is 0 Å². The lowest BCUT2D eigenvalue weighted by Crippen LogP contribution is -2.25. The lowest BCUT2D eigenvalue weighted by atomic mass is 9.92. The van der Waals surface area contributed by atoms with Gasteiger partial charge in [0.05, 0.1) is 29.0 Å². The Morgan fingerprint density at radius 2 is 1.53 bits per heavy atom. The molecule has 0 bridgehead atoms. The van der Waals surface area contributed by atoms with Crippen LogP contribution >= 0.6 is 0 Å². The van der Waals surface area contributed by atoms with Crippen molar-refractivity contribution in [3.05, 3.63) is 82.4 Å². The van der Waals surface area contributed by atoms with Crippen LogP contribution in [0, 0.1) is 13.8 Å². The van der Waals surface area contributed by atoms with E-state index in [1.807, 2.05) is 62.4 Å². The van der Waals surface area contributed by atoms with Crippen LogP contribution in [0.2, 0.25) is 0 Å². The first-order valence-corrected chi connectivity index (χ1v) is 10.4. The summed E-state index contributed by atoms with van der Waals surface area (Å²) in [5.74, 6) is -1.60. The molecule has 1 N–H and O–H groups in total. The van der Waals surface area contributed by atoms with E-state index in [1.54, 1.807) is 13.0 Å². The van der Waals surface area contributed by atoms with Crippen molar-refractivity contribution in [2.75, 3.05) is 19.0 Å². The third kappa shape index (κ3) is 3.43. The topological polar surface area (TPSA) is 75.7 Å². The Morgan fingerprint density at radius 1 is 0.906 bits per heavy atom. The number of aryl methyl sites for hydroxylation is 2. The van der Waals surface area contributed by atoms with Gasteiger partial charge < -0.3 is 10.1 Å². The van der Waals surface area contributed by atoms with Crippen molar-refractivity contribution in [3.63, 3.8) is 0 Å². The largest absolute Gasteiger partial charge is 0.462 e. The van der Waals surface area contributed by atoms with Gasteiger partial charge in [0.1, 0.15) is 0 Å². The van der Waals surface area contributed by atoms with Gasteiger partial charge in [-0.1, -0.05) is 48.5 Å². The number of esters is 1. The first-order chi connectivity index (χ1) is 15.3. The molecule has 0 spiro atoms. The summed E-state index contributed by atoms with van der Waals surface area (Å²) in [7, 11) is 1.42. The van der Waals surface area contributed by atoms with Crippen molar-refractivity contribution in [1.82, 2.24) is 4.90 Å². The maximum Gasteiger partial charge on any atom is 0.338 e. The second kappa shape index (κ2) is 8.30. The van der Waals surface area contributed by atoms with Gasteiger partial charge in [0.15, 0.2) is 0 Å². The van der Waals surface area contributed by atoms with Crippen LogP contribution in [0.5, 0.6) is 0 Å². The van der Waals surface area contributed by atoms with Crippen molar-refractivity contribution in [2.45, 2.75) is 20.8 Å². The number of hydrogen-bond donors (Lipinski definition) is 1. The smallest absolute Gasteiger partial charge is 0.338 e. The molecule has 162 valence electrons. The number of rotatable bonds is 5. The second-order valence-corrected chi connectivity index (χ2v) is 7.74. The molecule has 0 radical (unpaired) electrons. The molecule has 3 aromatic rings. The summed E-state index contributed by atoms with van der Waals surface area (Å²) >= 11 is 0. The van der Waals surface area contributed by atoms with Gasteiger partial charge in [-0.25, -0.2) is 4.79 Å². The standard InChI is InChI=1S/C26H24N2O4/c1-5-32-26(31)19-14-18(17-12-7-6-8-13-17)23(21-20(19)24(29)28(4)25(21)30)27-22-15(2)10-9-11-16(22)3/h6-14,27H,5H2,1-4H3. The van der Waals surface area contributed by atoms with Crippen LogP contribution in [0.15, 0.2) is 54.6 Å². The van der Waals surface area contributed by atoms with Gasteiger partial charge in [-0.05, 0) is 43.5 Å². The van der Waals surface area contributed by atoms with Gasteiger partial charge in [-0.3, -0.25) is 14.5 Å². The molecule has 1 aliphatic heterocycles. The molecule has 0 aromatic heterocycles. The predicted molar refractivity (Wildman–Crippen MR) is 123 cm³/mol. The van der Waals surface area contributed by atoms with Crippen LogP contribution < -0.4 is 5.32 Å². The number of carbonyl (C=O) groups is 3. The molecule has 1 aliphatic rings. The van der Waals surface area contributed by atoms with E-state index >= 15 is 0 Å². The number of imide groups is 1. The first-order valence-electron chi connectivity index (χ1n) is 10.4. The lowest BCUT2D eigenvalue weighted by molar-refractivity contribution is 0.0519. The van der Waals surface area contributed by atoms with Gasteiger partial charge in [-0.2, -0.15) is 0 Å². The minimum Gasteiger partial charge on any atom is -0.462 e. The number of carbonyl (C=O) groups excluding carboxylic acids is 3. The molecule has 2 amide bonds. The van der Waals surface area contributed by atoms with E-state index in [4.69, 9.17) is 4.74 Å². The molecule has 0 aliphatic carbocycles. The number of fused-ring (bicyclic) bond motifs is 1. The zero-order valence-corrected chi connectivity index (χ0v) is 18.5. The molecule has 0 saturated carbocycles. The second-order valence-electron chi connectivity index (χ2n) is 7.74. The number of anilines is 2. The molecular formula is C26H24N2O4. The summed E-state index contributed by atoms with van der Waals surface area (Å²) in [5.41, 5.74) is 5.15. The van der Waals surface area contributed by atoms with E-state index in [2.05, 4.69) is 5.32 Å². The first kappa shape index (κ1) is 21.3. The van der Waals surface area contributed by atoms with Crippen LogP contribution in [-0.2, 0) is 4.74 Å². The quantitative estimate of drug-likeness (QED) is 0.451. The van der Waals surface area contributed by atoms with Crippen molar-refractivity contribution in [2.24, 2.45) is 0 Å². The monoisotopic (exact) mass is 428 g/mol. The fourth-order valence-electron chi connectivity index (χ4n) is 4.03. The molecule has 0 unspecified atom stereocenters. The maximum atomic E-state index is 13.2. The Morgan fingerprint density at radius 3 is 2.16 bits per heavy atom. The highest BCUT2D eigenvalue weighted by atomic mass is 16.5. The molecule has 0 atom stereocenters. The molecule has 0 fully saturated rings. The summed E-state index contributed by atoms with van der Waals surface area (Å²) in [6, 6.07) is 17.0. The number of nitrogens with zero attached hydrogens (tertiary/aromatic N) is 1. The van der Waals surface area contributed by atoms with Gasteiger partial charge in [0.25, 0.3) is 11.8 Å². The van der Waals surface area contributed by atoms with Crippen LogP contribution in [0.4, 0.5) is 11.4 Å². The summed E-state index contributed by atoms with van der Waals surface area (Å²) in [4.78, 5) is 40.0. The third-order valence-corrected chi connectivity index (χ3v) is 5.68. The SMILES string of the molecule is CCOC(=O)c1cc(-c2ccccc2)c(Nc2c(C)cccc2C)c2c1C(=O)N(C)C2=O. The summed E-state index contributed by atoms with van der Waals surface area (Å²) < 4.78 is 5.22. The highest BCUT2D eigenvalue weighted by Crippen LogP contribution is 2.42. The number of ether oxygens (including phenoxy) is 1. The molecule has 1 heterocycles. The normalized spacial score (nSPS) is 12.7. The number of nitrogens with one attached hydrogen (secondary N) is 1. The minimum absolute atomic E-state index is 0.0735. The van der Waals surface area contributed by atoms with Gasteiger partial charge in [0, 0.05) is 18.3 Å². The maximum absolute atomic E-state index is 13.2. The Bertz CT molecular complexity index is 1230. The van der Waals surface area contributed by atoms with Gasteiger partial charge in [-0.15, -0.1) is 0 Å². The Hall–Kier alpha value is -3.93. The van der Waals surface area contributed by atoms with E-state index in [0.29, 0.717) is 11.3 Å². The van der Waals surface area contributed by atoms with Crippen LogP contribution in [0.3, 0.4) is 0 Å². The average Bonchev–Trinajstić information content (AvgIpc) is 3.01. The molecular weight excluding hydrogens is 404 g/mol. The number of amides is 2. The lowest BCUT2D eigenvalue weighted by Gasteiger charge is -2.20.